The number of hydrogen-bond donors (Lipinski definition) is 2. The van der Waals surface area contributed by atoms with Crippen molar-refractivity contribution in [1.29, 1.82) is 0 Å². The van der Waals surface area contributed by atoms with E-state index >= 15 is 0 Å². The van der Waals surface area contributed by atoms with Gasteiger partial charge in [-0.2, -0.15) is 0 Å². The second kappa shape index (κ2) is 5.89. The van der Waals surface area contributed by atoms with Gasteiger partial charge < -0.3 is 11.1 Å². The Kier molecular flexibility index (Phi) is 4.45. The van der Waals surface area contributed by atoms with Gasteiger partial charge in [0.1, 0.15) is 0 Å². The maximum absolute atomic E-state index is 11.7. The molecule has 1 aromatic rings. The van der Waals surface area contributed by atoms with E-state index in [4.69, 9.17) is 28.9 Å². The fourth-order valence-electron chi connectivity index (χ4n) is 1.86. The van der Waals surface area contributed by atoms with Crippen molar-refractivity contribution in [2.75, 3.05) is 25.0 Å². The molecule has 0 aromatic heterocycles. The summed E-state index contributed by atoms with van der Waals surface area (Å²) in [4.78, 5) is 13.9. The fraction of sp³-hybridized carbons (Fsp3) is 0.417. The second-order valence-corrected chi connectivity index (χ2v) is 5.29. The van der Waals surface area contributed by atoms with Crippen LogP contribution in [0.15, 0.2) is 18.2 Å². The maximum atomic E-state index is 11.7. The number of amides is 1. The summed E-state index contributed by atoms with van der Waals surface area (Å²) < 4.78 is 0. The molecule has 0 bridgehead atoms. The summed E-state index contributed by atoms with van der Waals surface area (Å²) in [5.74, 6) is -0.0698. The molecule has 1 aromatic carbocycles. The quantitative estimate of drug-likeness (QED) is 0.890. The van der Waals surface area contributed by atoms with Gasteiger partial charge in [0.05, 0.1) is 10.7 Å². The van der Waals surface area contributed by atoms with Crippen LogP contribution in [0, 0.1) is 0 Å². The average Bonchev–Trinajstić information content (AvgIpc) is 2.28. The number of nitrogens with zero attached hydrogens (tertiary/aromatic N) is 1. The molecule has 0 spiro atoms. The molecule has 1 heterocycles. The normalized spacial score (nSPS) is 16.4. The van der Waals surface area contributed by atoms with Crippen LogP contribution in [0.2, 0.25) is 10.0 Å². The first-order chi connectivity index (χ1) is 8.54. The highest BCUT2D eigenvalue weighted by molar-refractivity contribution is 6.35. The Morgan fingerprint density at radius 2 is 2.17 bits per heavy atom. The summed E-state index contributed by atoms with van der Waals surface area (Å²) in [5, 5.41) is 3.78. The molecule has 0 radical (unpaired) electrons. The van der Waals surface area contributed by atoms with Crippen molar-refractivity contribution in [1.82, 2.24) is 4.90 Å². The van der Waals surface area contributed by atoms with Crippen LogP contribution in [0.4, 0.5) is 5.69 Å². The topological polar surface area (TPSA) is 58.4 Å². The van der Waals surface area contributed by atoms with Crippen molar-refractivity contribution in [2.45, 2.75) is 12.5 Å². The van der Waals surface area contributed by atoms with E-state index in [2.05, 4.69) is 10.2 Å². The van der Waals surface area contributed by atoms with E-state index in [0.29, 0.717) is 22.2 Å². The highest BCUT2D eigenvalue weighted by Gasteiger charge is 2.22. The van der Waals surface area contributed by atoms with Gasteiger partial charge in [0.2, 0.25) is 5.91 Å². The molecule has 4 nitrogen and oxygen atoms in total. The number of nitrogens with one attached hydrogen (secondary N) is 1. The van der Waals surface area contributed by atoms with E-state index in [0.717, 1.165) is 19.6 Å². The van der Waals surface area contributed by atoms with Crippen molar-refractivity contribution in [3.8, 4) is 0 Å². The molecule has 98 valence electrons. The molecule has 0 aliphatic carbocycles. The summed E-state index contributed by atoms with van der Waals surface area (Å²) in [6.07, 6.45) is 0.426. The predicted molar refractivity (Wildman–Crippen MR) is 74.1 cm³/mol. The van der Waals surface area contributed by atoms with Gasteiger partial charge in [0.15, 0.2) is 0 Å². The van der Waals surface area contributed by atoms with Crippen molar-refractivity contribution < 1.29 is 4.79 Å². The number of halogens is 2. The minimum Gasteiger partial charge on any atom is -0.325 e. The van der Waals surface area contributed by atoms with Crippen LogP contribution < -0.4 is 11.1 Å². The van der Waals surface area contributed by atoms with Crippen LogP contribution in [0.3, 0.4) is 0 Å². The lowest BCUT2D eigenvalue weighted by atomic mass is 10.1. The molecular formula is C12H15Cl2N3O. The van der Waals surface area contributed by atoms with Crippen LogP contribution in [0.1, 0.15) is 6.42 Å². The molecule has 1 aliphatic heterocycles. The number of rotatable bonds is 4. The standard InChI is InChI=1S/C12H15Cl2N3O/c13-8-1-2-10(14)11(5-8)16-12(18)3-4-17-6-9(15)7-17/h1-2,5,9H,3-4,6-7,15H2,(H,16,18). The summed E-state index contributed by atoms with van der Waals surface area (Å²) in [7, 11) is 0. The molecule has 18 heavy (non-hydrogen) atoms. The molecule has 2 rings (SSSR count). The van der Waals surface area contributed by atoms with Crippen molar-refractivity contribution in [3.63, 3.8) is 0 Å². The smallest absolute Gasteiger partial charge is 0.225 e. The Bertz CT molecular complexity index is 447. The Labute approximate surface area is 116 Å². The Hall–Kier alpha value is -0.810. The van der Waals surface area contributed by atoms with Crippen molar-refractivity contribution in [3.05, 3.63) is 28.2 Å². The van der Waals surface area contributed by atoms with Crippen molar-refractivity contribution >= 4 is 34.8 Å². The van der Waals surface area contributed by atoms with Crippen LogP contribution in [0.5, 0.6) is 0 Å². The summed E-state index contributed by atoms with van der Waals surface area (Å²) in [5.41, 5.74) is 6.21. The molecule has 6 heteroatoms. The van der Waals surface area contributed by atoms with Crippen molar-refractivity contribution in [2.24, 2.45) is 5.73 Å². The summed E-state index contributed by atoms with van der Waals surface area (Å²) in [6.45, 7) is 2.45. The van der Waals surface area contributed by atoms with Gasteiger partial charge in [-0.25, -0.2) is 0 Å². The molecule has 0 saturated carbocycles. The van der Waals surface area contributed by atoms with E-state index in [1.165, 1.54) is 0 Å². The number of anilines is 1. The number of benzene rings is 1. The number of hydrogen-bond acceptors (Lipinski definition) is 3. The largest absolute Gasteiger partial charge is 0.325 e. The SMILES string of the molecule is NC1CN(CCC(=O)Nc2cc(Cl)ccc2Cl)C1. The fourth-order valence-corrected chi connectivity index (χ4v) is 2.19. The zero-order valence-corrected chi connectivity index (χ0v) is 11.3. The summed E-state index contributed by atoms with van der Waals surface area (Å²) >= 11 is 11.8. The minimum atomic E-state index is -0.0698. The van der Waals surface area contributed by atoms with E-state index in [9.17, 15) is 4.79 Å². The number of carbonyl (C=O) groups excluding carboxylic acids is 1. The molecule has 3 N–H and O–H groups in total. The first kappa shape index (κ1) is 13.6. The Morgan fingerprint density at radius 3 is 2.83 bits per heavy atom. The van der Waals surface area contributed by atoms with Gasteiger partial charge >= 0.3 is 0 Å². The average molecular weight is 288 g/mol. The van der Waals surface area contributed by atoms with Gasteiger partial charge in [-0.15, -0.1) is 0 Å². The Balaban J connectivity index is 1.81. The summed E-state index contributed by atoms with van der Waals surface area (Å²) in [6, 6.07) is 5.24. The lowest BCUT2D eigenvalue weighted by molar-refractivity contribution is -0.116. The number of nitrogens with two attached hydrogens (primary N) is 1. The highest BCUT2D eigenvalue weighted by atomic mass is 35.5. The van der Waals surface area contributed by atoms with Crippen LogP contribution in [-0.2, 0) is 4.79 Å². The molecule has 0 unspecified atom stereocenters. The first-order valence-corrected chi connectivity index (χ1v) is 6.53. The molecule has 1 aliphatic rings. The van der Waals surface area contributed by atoms with E-state index in [1.807, 2.05) is 0 Å². The molecular weight excluding hydrogens is 273 g/mol. The lowest BCUT2D eigenvalue weighted by Crippen LogP contribution is -2.56. The third-order valence-corrected chi connectivity index (χ3v) is 3.41. The zero-order valence-electron chi connectivity index (χ0n) is 9.83. The molecule has 0 atom stereocenters. The number of likely N-dealkylation sites (tertiary alicyclic amines) is 1. The maximum Gasteiger partial charge on any atom is 0.225 e. The van der Waals surface area contributed by atoms with Crippen LogP contribution in [-0.4, -0.2) is 36.5 Å². The van der Waals surface area contributed by atoms with Crippen LogP contribution in [0.25, 0.3) is 0 Å². The molecule has 1 amide bonds. The monoisotopic (exact) mass is 287 g/mol. The highest BCUT2D eigenvalue weighted by Crippen LogP contribution is 2.25. The molecule has 1 fully saturated rings. The zero-order chi connectivity index (χ0) is 13.1. The van der Waals surface area contributed by atoms with E-state index in [1.54, 1.807) is 18.2 Å². The van der Waals surface area contributed by atoms with E-state index in [-0.39, 0.29) is 11.9 Å². The van der Waals surface area contributed by atoms with Gasteiger partial charge in [-0.05, 0) is 18.2 Å². The third kappa shape index (κ3) is 3.59. The number of carbonyl (C=O) groups is 1. The predicted octanol–water partition coefficient (Wildman–Crippen LogP) is 1.96. The molecule has 1 saturated heterocycles. The first-order valence-electron chi connectivity index (χ1n) is 5.77. The van der Waals surface area contributed by atoms with Gasteiger partial charge in [-0.1, -0.05) is 23.2 Å². The van der Waals surface area contributed by atoms with Gasteiger partial charge in [0, 0.05) is 37.1 Å². The van der Waals surface area contributed by atoms with Gasteiger partial charge in [0.25, 0.3) is 0 Å². The minimum absolute atomic E-state index is 0.0698. The Morgan fingerprint density at radius 1 is 1.44 bits per heavy atom. The lowest BCUT2D eigenvalue weighted by Gasteiger charge is -2.36. The van der Waals surface area contributed by atoms with Gasteiger partial charge in [-0.3, -0.25) is 9.69 Å². The third-order valence-electron chi connectivity index (χ3n) is 2.84. The van der Waals surface area contributed by atoms with E-state index < -0.39 is 0 Å². The van der Waals surface area contributed by atoms with Crippen LogP contribution >= 0.6 is 23.2 Å². The second-order valence-electron chi connectivity index (χ2n) is 4.44.